The lowest BCUT2D eigenvalue weighted by Gasteiger charge is -2.46. The van der Waals surface area contributed by atoms with Crippen LogP contribution in [-0.4, -0.2) is 84.9 Å². The second-order valence-electron chi connectivity index (χ2n) is 8.94. The van der Waals surface area contributed by atoms with Crippen LogP contribution in [0.2, 0.25) is 0 Å². The van der Waals surface area contributed by atoms with Crippen molar-refractivity contribution in [2.24, 2.45) is 10.8 Å². The molecule has 0 radical (unpaired) electrons. The Balaban J connectivity index is 1.56. The molecular formula is C21H32N4O3. The lowest BCUT2D eigenvalue weighted by atomic mass is 9.60. The average Bonchev–Trinajstić information content (AvgIpc) is 3.38. The van der Waals surface area contributed by atoms with Gasteiger partial charge in [0.25, 0.3) is 0 Å². The van der Waals surface area contributed by atoms with E-state index < -0.39 is 5.41 Å². The molecule has 28 heavy (non-hydrogen) atoms. The van der Waals surface area contributed by atoms with Crippen LogP contribution >= 0.6 is 0 Å². The largest absolute Gasteiger partial charge is 0.472 e. The molecule has 4 heterocycles. The van der Waals surface area contributed by atoms with Crippen molar-refractivity contribution < 1.29 is 14.0 Å². The number of urea groups is 1. The van der Waals surface area contributed by atoms with Crippen LogP contribution in [0.4, 0.5) is 4.79 Å². The van der Waals surface area contributed by atoms with Gasteiger partial charge in [-0.05, 0) is 45.3 Å². The Morgan fingerprint density at radius 2 is 1.93 bits per heavy atom. The van der Waals surface area contributed by atoms with Crippen molar-refractivity contribution in [3.8, 4) is 0 Å². The quantitative estimate of drug-likeness (QED) is 0.796. The van der Waals surface area contributed by atoms with Crippen molar-refractivity contribution >= 4 is 11.9 Å². The molecule has 3 fully saturated rings. The van der Waals surface area contributed by atoms with E-state index in [1.54, 1.807) is 31.5 Å². The van der Waals surface area contributed by atoms with E-state index in [2.05, 4.69) is 11.8 Å². The number of fused-ring (bicyclic) bond motifs is 1. The Labute approximate surface area is 167 Å². The van der Waals surface area contributed by atoms with Crippen LogP contribution in [0.1, 0.15) is 31.7 Å². The lowest BCUT2D eigenvalue weighted by molar-refractivity contribution is -0.142. The molecule has 4 rings (SSSR count). The van der Waals surface area contributed by atoms with Crippen molar-refractivity contribution in [2.75, 3.05) is 53.4 Å². The number of likely N-dealkylation sites (tertiary alicyclic amines) is 3. The molecule has 0 aromatic carbocycles. The number of hydrogen-bond donors (Lipinski definition) is 0. The standard InChI is InChI=1S/C21H32N4O3/c1-4-24-11-8-21(18(24)26)16-25(19(27)22(2)3)15-20(21)6-9-23(10-7-20)13-17-5-12-28-14-17/h5,12,14H,4,6-11,13,15-16H2,1-3H3. The predicted octanol–water partition coefficient (Wildman–Crippen LogP) is 2.10. The van der Waals surface area contributed by atoms with E-state index in [1.807, 2.05) is 15.9 Å². The molecule has 0 saturated carbocycles. The first-order valence-electron chi connectivity index (χ1n) is 10.4. The van der Waals surface area contributed by atoms with Gasteiger partial charge in [0.05, 0.1) is 17.9 Å². The summed E-state index contributed by atoms with van der Waals surface area (Å²) in [5.41, 5.74) is 0.679. The number of carbonyl (C=O) groups is 2. The van der Waals surface area contributed by atoms with Crippen molar-refractivity contribution in [1.29, 1.82) is 0 Å². The first-order chi connectivity index (χ1) is 13.4. The second-order valence-corrected chi connectivity index (χ2v) is 8.94. The summed E-state index contributed by atoms with van der Waals surface area (Å²) in [5, 5.41) is 0. The van der Waals surface area contributed by atoms with E-state index in [0.29, 0.717) is 13.1 Å². The van der Waals surface area contributed by atoms with Gasteiger partial charge in [-0.3, -0.25) is 9.69 Å². The van der Waals surface area contributed by atoms with Gasteiger partial charge in [-0.1, -0.05) is 0 Å². The van der Waals surface area contributed by atoms with Gasteiger partial charge >= 0.3 is 6.03 Å². The van der Waals surface area contributed by atoms with E-state index >= 15 is 0 Å². The fourth-order valence-electron chi connectivity index (χ4n) is 5.68. The number of rotatable bonds is 3. The maximum atomic E-state index is 13.5. The van der Waals surface area contributed by atoms with E-state index in [-0.39, 0.29) is 17.4 Å². The Bertz CT molecular complexity index is 724. The van der Waals surface area contributed by atoms with Gasteiger partial charge in [-0.15, -0.1) is 0 Å². The molecule has 0 aliphatic carbocycles. The molecule has 1 unspecified atom stereocenters. The van der Waals surface area contributed by atoms with Crippen LogP contribution in [0.3, 0.4) is 0 Å². The Morgan fingerprint density at radius 1 is 1.18 bits per heavy atom. The van der Waals surface area contributed by atoms with Gasteiger partial charge < -0.3 is 19.1 Å². The zero-order chi connectivity index (χ0) is 19.9. The normalized spacial score (nSPS) is 27.3. The Kier molecular flexibility index (Phi) is 4.89. The third kappa shape index (κ3) is 2.91. The van der Waals surface area contributed by atoms with E-state index in [0.717, 1.165) is 52.0 Å². The molecule has 3 aliphatic heterocycles. The van der Waals surface area contributed by atoms with Crippen LogP contribution < -0.4 is 0 Å². The summed E-state index contributed by atoms with van der Waals surface area (Å²) in [6.07, 6.45) is 6.32. The number of amides is 3. The fraction of sp³-hybridized carbons (Fsp3) is 0.714. The van der Waals surface area contributed by atoms with Crippen molar-refractivity contribution in [3.05, 3.63) is 24.2 Å². The van der Waals surface area contributed by atoms with Crippen LogP contribution in [-0.2, 0) is 11.3 Å². The van der Waals surface area contributed by atoms with Crippen LogP contribution in [0.15, 0.2) is 23.0 Å². The summed E-state index contributed by atoms with van der Waals surface area (Å²) in [5.74, 6) is 0.271. The highest BCUT2D eigenvalue weighted by Gasteiger charge is 2.65. The van der Waals surface area contributed by atoms with Crippen LogP contribution in [0.5, 0.6) is 0 Å². The topological polar surface area (TPSA) is 60.2 Å². The highest BCUT2D eigenvalue weighted by Crippen LogP contribution is 2.58. The lowest BCUT2D eigenvalue weighted by Crippen LogP contribution is -2.52. The monoisotopic (exact) mass is 388 g/mol. The maximum Gasteiger partial charge on any atom is 0.319 e. The SMILES string of the molecule is CCN1CCC2(CN(C(=O)N(C)C)CC23CCN(Cc2ccoc2)CC3)C1=O. The maximum absolute atomic E-state index is 13.5. The zero-order valence-corrected chi connectivity index (χ0v) is 17.3. The second kappa shape index (κ2) is 7.10. The van der Waals surface area contributed by atoms with Crippen molar-refractivity contribution in [2.45, 2.75) is 32.7 Å². The minimum absolute atomic E-state index is 0.0276. The summed E-state index contributed by atoms with van der Waals surface area (Å²) in [4.78, 5) is 34.2. The van der Waals surface area contributed by atoms with E-state index in [4.69, 9.17) is 4.42 Å². The van der Waals surface area contributed by atoms with E-state index in [9.17, 15) is 9.59 Å². The number of piperidine rings is 1. The summed E-state index contributed by atoms with van der Waals surface area (Å²) < 4.78 is 5.20. The molecule has 0 bridgehead atoms. The third-order valence-electron chi connectivity index (χ3n) is 7.31. The summed E-state index contributed by atoms with van der Waals surface area (Å²) in [6, 6.07) is 2.04. The molecule has 1 atom stereocenters. The minimum Gasteiger partial charge on any atom is -0.472 e. The first kappa shape index (κ1) is 19.3. The van der Waals surface area contributed by atoms with Gasteiger partial charge in [-0.2, -0.15) is 0 Å². The van der Waals surface area contributed by atoms with Crippen LogP contribution in [0, 0.1) is 10.8 Å². The molecular weight excluding hydrogens is 356 g/mol. The predicted molar refractivity (Wildman–Crippen MR) is 106 cm³/mol. The number of hydrogen-bond acceptors (Lipinski definition) is 4. The van der Waals surface area contributed by atoms with Gasteiger partial charge in [0.1, 0.15) is 0 Å². The Hall–Kier alpha value is -2.02. The fourth-order valence-corrected chi connectivity index (χ4v) is 5.68. The molecule has 2 spiro atoms. The van der Waals surface area contributed by atoms with Crippen LogP contribution in [0.25, 0.3) is 0 Å². The van der Waals surface area contributed by atoms with Gasteiger partial charge in [0, 0.05) is 57.8 Å². The molecule has 3 amide bonds. The summed E-state index contributed by atoms with van der Waals surface area (Å²) in [7, 11) is 3.59. The van der Waals surface area contributed by atoms with Gasteiger partial charge in [-0.25, -0.2) is 4.79 Å². The first-order valence-corrected chi connectivity index (χ1v) is 10.4. The molecule has 1 aromatic rings. The molecule has 7 heteroatoms. The smallest absolute Gasteiger partial charge is 0.319 e. The highest BCUT2D eigenvalue weighted by atomic mass is 16.3. The van der Waals surface area contributed by atoms with Gasteiger partial charge in [0.2, 0.25) is 5.91 Å². The molecule has 1 aromatic heterocycles. The van der Waals surface area contributed by atoms with Gasteiger partial charge in [0.15, 0.2) is 0 Å². The summed E-state index contributed by atoms with van der Waals surface area (Å²) in [6.45, 7) is 7.69. The Morgan fingerprint density at radius 3 is 2.50 bits per heavy atom. The number of carbonyl (C=O) groups excluding carboxylic acids is 2. The number of furan rings is 1. The minimum atomic E-state index is -0.406. The molecule has 7 nitrogen and oxygen atoms in total. The molecule has 3 aliphatic rings. The number of nitrogens with zero attached hydrogens (tertiary/aromatic N) is 4. The average molecular weight is 389 g/mol. The molecule has 0 N–H and O–H groups in total. The highest BCUT2D eigenvalue weighted by molar-refractivity contribution is 5.88. The van der Waals surface area contributed by atoms with Crippen molar-refractivity contribution in [3.63, 3.8) is 0 Å². The van der Waals surface area contributed by atoms with Crippen molar-refractivity contribution in [1.82, 2.24) is 19.6 Å². The zero-order valence-electron chi connectivity index (χ0n) is 17.3. The third-order valence-corrected chi connectivity index (χ3v) is 7.31. The molecule has 154 valence electrons. The molecule has 3 saturated heterocycles. The summed E-state index contributed by atoms with van der Waals surface area (Å²) >= 11 is 0. The van der Waals surface area contributed by atoms with E-state index in [1.165, 1.54) is 5.56 Å².